The normalized spacial score (nSPS) is 23.8. The molecule has 2 fully saturated rings. The summed E-state index contributed by atoms with van der Waals surface area (Å²) in [4.78, 5) is 6.45. The van der Waals surface area contributed by atoms with Crippen molar-refractivity contribution in [2.45, 2.75) is 38.3 Å². The number of aromatic nitrogens is 1. The summed E-state index contributed by atoms with van der Waals surface area (Å²) in [6, 6.07) is 3.99. The zero-order chi connectivity index (χ0) is 14.7. The highest BCUT2D eigenvalue weighted by molar-refractivity contribution is 5.41. The SMILES string of the molecule is FC(F)Oc1ccc(N2CCC(C3CCCN3)CC2)nc1. The molecule has 21 heavy (non-hydrogen) atoms. The van der Waals surface area contributed by atoms with Gasteiger partial charge in [-0.3, -0.25) is 0 Å². The molecule has 2 aliphatic heterocycles. The van der Waals surface area contributed by atoms with Crippen molar-refractivity contribution in [1.82, 2.24) is 10.3 Å². The monoisotopic (exact) mass is 297 g/mol. The van der Waals surface area contributed by atoms with Crippen molar-refractivity contribution in [3.05, 3.63) is 18.3 Å². The highest BCUT2D eigenvalue weighted by Crippen LogP contribution is 2.28. The van der Waals surface area contributed by atoms with E-state index in [1.54, 1.807) is 12.1 Å². The van der Waals surface area contributed by atoms with Gasteiger partial charge in [-0.15, -0.1) is 0 Å². The Morgan fingerprint density at radius 2 is 2.05 bits per heavy atom. The van der Waals surface area contributed by atoms with E-state index in [-0.39, 0.29) is 5.75 Å². The highest BCUT2D eigenvalue weighted by atomic mass is 19.3. The number of ether oxygens (including phenoxy) is 1. The van der Waals surface area contributed by atoms with Gasteiger partial charge >= 0.3 is 6.61 Å². The van der Waals surface area contributed by atoms with Gasteiger partial charge in [-0.05, 0) is 50.3 Å². The van der Waals surface area contributed by atoms with Gasteiger partial charge in [-0.1, -0.05) is 0 Å². The minimum Gasteiger partial charge on any atom is -0.433 e. The van der Waals surface area contributed by atoms with Gasteiger partial charge in [-0.2, -0.15) is 8.78 Å². The number of anilines is 1. The molecule has 2 saturated heterocycles. The van der Waals surface area contributed by atoms with E-state index in [0.29, 0.717) is 6.04 Å². The number of nitrogens with one attached hydrogen (secondary N) is 1. The van der Waals surface area contributed by atoms with E-state index in [0.717, 1.165) is 44.2 Å². The lowest BCUT2D eigenvalue weighted by Gasteiger charge is -2.35. The van der Waals surface area contributed by atoms with Crippen LogP contribution in [0.2, 0.25) is 0 Å². The van der Waals surface area contributed by atoms with Crippen molar-refractivity contribution < 1.29 is 13.5 Å². The Labute approximate surface area is 123 Å². The van der Waals surface area contributed by atoms with E-state index in [9.17, 15) is 8.78 Å². The second-order valence-electron chi connectivity index (χ2n) is 5.76. The second-order valence-corrected chi connectivity index (χ2v) is 5.76. The molecule has 0 saturated carbocycles. The number of alkyl halides is 2. The van der Waals surface area contributed by atoms with E-state index in [2.05, 4.69) is 19.9 Å². The number of halogens is 2. The topological polar surface area (TPSA) is 37.4 Å². The van der Waals surface area contributed by atoms with Crippen LogP contribution in [-0.4, -0.2) is 37.3 Å². The maximum Gasteiger partial charge on any atom is 0.387 e. The number of nitrogens with zero attached hydrogens (tertiary/aromatic N) is 2. The van der Waals surface area contributed by atoms with Crippen molar-refractivity contribution in [1.29, 1.82) is 0 Å². The van der Waals surface area contributed by atoms with Crippen molar-refractivity contribution in [2.24, 2.45) is 5.92 Å². The van der Waals surface area contributed by atoms with E-state index < -0.39 is 6.61 Å². The number of hydrogen-bond acceptors (Lipinski definition) is 4. The van der Waals surface area contributed by atoms with Gasteiger partial charge < -0.3 is 15.0 Å². The lowest BCUT2D eigenvalue weighted by molar-refractivity contribution is -0.0500. The molecular formula is C15H21F2N3O. The summed E-state index contributed by atoms with van der Waals surface area (Å²) in [6.45, 7) is 0.306. The van der Waals surface area contributed by atoms with E-state index in [4.69, 9.17) is 0 Å². The molecule has 1 aromatic rings. The number of pyridine rings is 1. The van der Waals surface area contributed by atoms with Crippen LogP contribution in [-0.2, 0) is 0 Å². The first-order chi connectivity index (χ1) is 10.2. The predicted octanol–water partition coefficient (Wildman–Crippen LogP) is 2.65. The Balaban J connectivity index is 1.54. The average Bonchev–Trinajstić information content (AvgIpc) is 3.02. The van der Waals surface area contributed by atoms with Crippen molar-refractivity contribution >= 4 is 5.82 Å². The van der Waals surface area contributed by atoms with Gasteiger partial charge in [0.1, 0.15) is 11.6 Å². The standard InChI is InChI=1S/C15H21F2N3O/c16-15(17)21-12-3-4-14(19-10-12)20-8-5-11(6-9-20)13-2-1-7-18-13/h3-4,10-11,13,15,18H,1-2,5-9H2. The third kappa shape index (κ3) is 3.61. The molecule has 1 N–H and O–H groups in total. The molecule has 0 bridgehead atoms. The third-order valence-electron chi connectivity index (χ3n) is 4.48. The number of hydrogen-bond donors (Lipinski definition) is 1. The Kier molecular flexibility index (Phi) is 4.53. The molecule has 1 atom stereocenters. The van der Waals surface area contributed by atoms with E-state index in [1.165, 1.54) is 19.0 Å². The Morgan fingerprint density at radius 1 is 1.24 bits per heavy atom. The molecule has 1 unspecified atom stereocenters. The fraction of sp³-hybridized carbons (Fsp3) is 0.667. The zero-order valence-corrected chi connectivity index (χ0v) is 12.0. The first kappa shape index (κ1) is 14.5. The maximum atomic E-state index is 12.1. The molecule has 0 spiro atoms. The van der Waals surface area contributed by atoms with Gasteiger partial charge in [0.25, 0.3) is 0 Å². The van der Waals surface area contributed by atoms with Crippen LogP contribution in [0.3, 0.4) is 0 Å². The van der Waals surface area contributed by atoms with E-state index >= 15 is 0 Å². The maximum absolute atomic E-state index is 12.1. The Hall–Kier alpha value is -1.43. The summed E-state index contributed by atoms with van der Waals surface area (Å²) in [7, 11) is 0. The molecule has 4 nitrogen and oxygen atoms in total. The van der Waals surface area contributed by atoms with Crippen LogP contribution in [0.1, 0.15) is 25.7 Å². The zero-order valence-electron chi connectivity index (χ0n) is 12.0. The predicted molar refractivity (Wildman–Crippen MR) is 76.8 cm³/mol. The summed E-state index contributed by atoms with van der Waals surface area (Å²) < 4.78 is 28.5. The van der Waals surface area contributed by atoms with Crippen LogP contribution in [0.4, 0.5) is 14.6 Å². The molecule has 0 aromatic carbocycles. The molecular weight excluding hydrogens is 276 g/mol. The molecule has 0 amide bonds. The van der Waals surface area contributed by atoms with Crippen LogP contribution >= 0.6 is 0 Å². The minimum absolute atomic E-state index is 0.110. The lowest BCUT2D eigenvalue weighted by atomic mass is 9.88. The first-order valence-corrected chi connectivity index (χ1v) is 7.61. The van der Waals surface area contributed by atoms with Crippen LogP contribution in [0.5, 0.6) is 5.75 Å². The summed E-state index contributed by atoms with van der Waals surface area (Å²) in [5.41, 5.74) is 0. The van der Waals surface area contributed by atoms with Gasteiger partial charge in [0.2, 0.25) is 0 Å². The summed E-state index contributed by atoms with van der Waals surface area (Å²) in [5.74, 6) is 1.71. The number of rotatable bonds is 4. The van der Waals surface area contributed by atoms with Gasteiger partial charge in [-0.25, -0.2) is 4.98 Å². The molecule has 116 valence electrons. The smallest absolute Gasteiger partial charge is 0.387 e. The van der Waals surface area contributed by atoms with Crippen LogP contribution < -0.4 is 15.0 Å². The quantitative estimate of drug-likeness (QED) is 0.927. The first-order valence-electron chi connectivity index (χ1n) is 7.61. The van der Waals surface area contributed by atoms with Crippen LogP contribution in [0, 0.1) is 5.92 Å². The van der Waals surface area contributed by atoms with Gasteiger partial charge in [0.15, 0.2) is 0 Å². The highest BCUT2D eigenvalue weighted by Gasteiger charge is 2.28. The van der Waals surface area contributed by atoms with Crippen LogP contribution in [0.15, 0.2) is 18.3 Å². The molecule has 1 aromatic heterocycles. The lowest BCUT2D eigenvalue weighted by Crippen LogP contribution is -2.41. The molecule has 0 aliphatic carbocycles. The molecule has 6 heteroatoms. The second kappa shape index (κ2) is 6.56. The molecule has 0 radical (unpaired) electrons. The number of piperidine rings is 1. The van der Waals surface area contributed by atoms with Crippen LogP contribution in [0.25, 0.3) is 0 Å². The van der Waals surface area contributed by atoms with Crippen molar-refractivity contribution in [3.63, 3.8) is 0 Å². The minimum atomic E-state index is -2.80. The third-order valence-corrected chi connectivity index (χ3v) is 4.48. The summed E-state index contributed by atoms with van der Waals surface area (Å²) in [6.07, 6.45) is 6.27. The fourth-order valence-electron chi connectivity index (χ4n) is 3.38. The summed E-state index contributed by atoms with van der Waals surface area (Å²) >= 11 is 0. The molecule has 2 aliphatic rings. The largest absolute Gasteiger partial charge is 0.433 e. The summed E-state index contributed by atoms with van der Waals surface area (Å²) in [5, 5.41) is 3.58. The van der Waals surface area contributed by atoms with E-state index in [1.807, 2.05) is 0 Å². The average molecular weight is 297 g/mol. The fourth-order valence-corrected chi connectivity index (χ4v) is 3.38. The van der Waals surface area contributed by atoms with Crippen molar-refractivity contribution in [3.8, 4) is 5.75 Å². The molecule has 3 rings (SSSR count). The van der Waals surface area contributed by atoms with Gasteiger partial charge in [0, 0.05) is 19.1 Å². The Bertz CT molecular complexity index is 441. The Morgan fingerprint density at radius 3 is 2.62 bits per heavy atom. The van der Waals surface area contributed by atoms with Crippen molar-refractivity contribution in [2.75, 3.05) is 24.5 Å². The van der Waals surface area contributed by atoms with Gasteiger partial charge in [0.05, 0.1) is 6.20 Å². The molecule has 3 heterocycles.